The minimum absolute atomic E-state index is 0.0434. The lowest BCUT2D eigenvalue weighted by Crippen LogP contribution is -2.19. The van der Waals surface area contributed by atoms with Crippen molar-refractivity contribution >= 4 is 17.7 Å². The summed E-state index contributed by atoms with van der Waals surface area (Å²) in [6.07, 6.45) is 0.699. The summed E-state index contributed by atoms with van der Waals surface area (Å²) in [6.45, 7) is 3.71. The summed E-state index contributed by atoms with van der Waals surface area (Å²) < 4.78 is 17.4. The van der Waals surface area contributed by atoms with Crippen molar-refractivity contribution in [2.45, 2.75) is 31.8 Å². The van der Waals surface area contributed by atoms with Crippen LogP contribution in [-0.2, 0) is 9.53 Å². The second-order valence-electron chi connectivity index (χ2n) is 2.70. The first-order valence-electron chi connectivity index (χ1n) is 4.25. The van der Waals surface area contributed by atoms with Crippen molar-refractivity contribution in [1.82, 2.24) is 0 Å². The fourth-order valence-corrected chi connectivity index (χ4v) is 1.55. The summed E-state index contributed by atoms with van der Waals surface area (Å²) in [5.41, 5.74) is 3.89. The van der Waals surface area contributed by atoms with Crippen LogP contribution in [-0.4, -0.2) is 29.9 Å². The molecule has 0 fully saturated rings. The van der Waals surface area contributed by atoms with Crippen molar-refractivity contribution in [2.75, 3.05) is 12.4 Å². The molecule has 0 saturated heterocycles. The van der Waals surface area contributed by atoms with Crippen LogP contribution in [0.15, 0.2) is 0 Å². The molecule has 2 N–H and O–H groups in total. The highest BCUT2D eigenvalue weighted by Crippen LogP contribution is 2.15. The fraction of sp³-hybridized carbons (Fsp3) is 0.875. The molecule has 0 saturated carbocycles. The van der Waals surface area contributed by atoms with E-state index < -0.39 is 11.5 Å². The van der Waals surface area contributed by atoms with Gasteiger partial charge in [0, 0.05) is 6.04 Å². The van der Waals surface area contributed by atoms with Crippen LogP contribution in [0, 0.1) is 0 Å². The monoisotopic (exact) mass is 209 g/mol. The van der Waals surface area contributed by atoms with Crippen molar-refractivity contribution in [3.63, 3.8) is 0 Å². The van der Waals surface area contributed by atoms with Crippen molar-refractivity contribution in [1.29, 1.82) is 0 Å². The number of ether oxygens (including phenoxy) is 1. The molecule has 5 heteroatoms. The Labute approximate surface area is 82.2 Å². The molecule has 0 aliphatic carbocycles. The molecule has 0 aromatic carbocycles. The van der Waals surface area contributed by atoms with Crippen LogP contribution >= 0.6 is 11.8 Å². The fourth-order valence-electron chi connectivity index (χ4n) is 0.633. The number of alkyl halides is 1. The number of carbonyl (C=O) groups excluding carboxylic acids is 1. The molecule has 2 atom stereocenters. The minimum Gasteiger partial charge on any atom is -0.463 e. The lowest BCUT2D eigenvalue weighted by molar-refractivity contribution is -0.145. The number of hydrogen-bond acceptors (Lipinski definition) is 4. The predicted octanol–water partition coefficient (Wildman–Crippen LogP) is 1.32. The third kappa shape index (κ3) is 6.83. The zero-order chi connectivity index (χ0) is 10.3. The standard InChI is InChI=1S/C8H16FNO2S/c1-3-12-8(11)7(9)13-5-4-6(2)10/h6-7H,3-5,10H2,1-2H3. The SMILES string of the molecule is CCOC(=O)C(F)SCCC(C)N. The van der Waals surface area contributed by atoms with Crippen LogP contribution in [0.5, 0.6) is 0 Å². The Bertz CT molecular complexity index is 155. The first kappa shape index (κ1) is 12.7. The Hall–Kier alpha value is -0.290. The quantitative estimate of drug-likeness (QED) is 0.670. The van der Waals surface area contributed by atoms with Crippen molar-refractivity contribution < 1.29 is 13.9 Å². The molecule has 0 aromatic rings. The van der Waals surface area contributed by atoms with Gasteiger partial charge in [-0.3, -0.25) is 0 Å². The summed E-state index contributed by atoms with van der Waals surface area (Å²) in [7, 11) is 0. The molecule has 0 aromatic heterocycles. The maximum absolute atomic E-state index is 12.9. The van der Waals surface area contributed by atoms with Gasteiger partial charge in [-0.25, -0.2) is 9.18 Å². The van der Waals surface area contributed by atoms with Gasteiger partial charge >= 0.3 is 5.97 Å². The molecular formula is C8H16FNO2S. The van der Waals surface area contributed by atoms with Crippen LogP contribution in [0.2, 0.25) is 0 Å². The third-order valence-corrected chi connectivity index (χ3v) is 2.27. The molecule has 0 bridgehead atoms. The van der Waals surface area contributed by atoms with Gasteiger partial charge < -0.3 is 10.5 Å². The lowest BCUT2D eigenvalue weighted by Gasteiger charge is -2.08. The first-order chi connectivity index (χ1) is 6.07. The summed E-state index contributed by atoms with van der Waals surface area (Å²) >= 11 is 0.932. The van der Waals surface area contributed by atoms with E-state index in [0.717, 1.165) is 11.8 Å². The van der Waals surface area contributed by atoms with Crippen LogP contribution in [0.1, 0.15) is 20.3 Å². The molecule has 2 unspecified atom stereocenters. The Balaban J connectivity index is 3.49. The van der Waals surface area contributed by atoms with Crippen molar-refractivity contribution in [3.05, 3.63) is 0 Å². The molecule has 0 aliphatic rings. The van der Waals surface area contributed by atoms with Gasteiger partial charge in [0.2, 0.25) is 5.50 Å². The number of thioether (sulfide) groups is 1. The Morgan fingerprint density at radius 1 is 1.69 bits per heavy atom. The highest BCUT2D eigenvalue weighted by atomic mass is 32.2. The maximum Gasteiger partial charge on any atom is 0.351 e. The average Bonchev–Trinajstić information content (AvgIpc) is 2.04. The molecule has 0 heterocycles. The number of esters is 1. The van der Waals surface area contributed by atoms with Gasteiger partial charge in [-0.2, -0.15) is 0 Å². The number of rotatable bonds is 6. The van der Waals surface area contributed by atoms with E-state index in [4.69, 9.17) is 5.73 Å². The number of halogens is 1. The van der Waals surface area contributed by atoms with E-state index in [1.807, 2.05) is 6.92 Å². The Morgan fingerprint density at radius 2 is 2.31 bits per heavy atom. The molecule has 13 heavy (non-hydrogen) atoms. The number of carbonyl (C=O) groups is 1. The molecule has 0 rings (SSSR count). The third-order valence-electron chi connectivity index (χ3n) is 1.31. The van der Waals surface area contributed by atoms with E-state index in [-0.39, 0.29) is 12.6 Å². The molecule has 0 radical (unpaired) electrons. The van der Waals surface area contributed by atoms with E-state index in [9.17, 15) is 9.18 Å². The minimum atomic E-state index is -1.57. The molecule has 78 valence electrons. The molecule has 0 amide bonds. The van der Waals surface area contributed by atoms with Crippen LogP contribution in [0.4, 0.5) is 4.39 Å². The normalized spacial score (nSPS) is 15.1. The topological polar surface area (TPSA) is 52.3 Å². The second kappa shape index (κ2) is 7.15. The average molecular weight is 209 g/mol. The number of nitrogens with two attached hydrogens (primary N) is 1. The van der Waals surface area contributed by atoms with E-state index in [1.165, 1.54) is 0 Å². The maximum atomic E-state index is 12.9. The van der Waals surface area contributed by atoms with Gasteiger partial charge in [-0.15, -0.1) is 11.8 Å². The summed E-state index contributed by atoms with van der Waals surface area (Å²) in [5, 5.41) is 0. The Morgan fingerprint density at radius 3 is 2.77 bits per heavy atom. The lowest BCUT2D eigenvalue weighted by atomic mass is 10.3. The van der Waals surface area contributed by atoms with Gasteiger partial charge in [-0.05, 0) is 26.0 Å². The predicted molar refractivity (Wildman–Crippen MR) is 52.3 cm³/mol. The van der Waals surface area contributed by atoms with E-state index in [1.54, 1.807) is 6.92 Å². The zero-order valence-electron chi connectivity index (χ0n) is 7.96. The van der Waals surface area contributed by atoms with Gasteiger partial charge in [0.1, 0.15) is 0 Å². The van der Waals surface area contributed by atoms with Crippen molar-refractivity contribution in [3.8, 4) is 0 Å². The van der Waals surface area contributed by atoms with Crippen LogP contribution in [0.25, 0.3) is 0 Å². The van der Waals surface area contributed by atoms with E-state index in [2.05, 4.69) is 4.74 Å². The molecule has 3 nitrogen and oxygen atoms in total. The van der Waals surface area contributed by atoms with E-state index >= 15 is 0 Å². The second-order valence-corrected chi connectivity index (χ2v) is 3.86. The highest BCUT2D eigenvalue weighted by molar-refractivity contribution is 8.00. The molecule has 0 aliphatic heterocycles. The molecular weight excluding hydrogens is 193 g/mol. The smallest absolute Gasteiger partial charge is 0.351 e. The summed E-state index contributed by atoms with van der Waals surface area (Å²) in [4.78, 5) is 10.8. The summed E-state index contributed by atoms with van der Waals surface area (Å²) in [5.74, 6) is -0.255. The van der Waals surface area contributed by atoms with Crippen LogP contribution < -0.4 is 5.73 Å². The van der Waals surface area contributed by atoms with Gasteiger partial charge in [0.05, 0.1) is 6.61 Å². The Kier molecular flexibility index (Phi) is 6.99. The largest absolute Gasteiger partial charge is 0.463 e. The van der Waals surface area contributed by atoms with Gasteiger partial charge in [0.25, 0.3) is 0 Å². The summed E-state index contributed by atoms with van der Waals surface area (Å²) in [6, 6.07) is 0.0434. The van der Waals surface area contributed by atoms with E-state index in [0.29, 0.717) is 12.2 Å². The molecule has 0 spiro atoms. The van der Waals surface area contributed by atoms with Crippen molar-refractivity contribution in [2.24, 2.45) is 5.73 Å². The van der Waals surface area contributed by atoms with Gasteiger partial charge in [-0.1, -0.05) is 0 Å². The zero-order valence-corrected chi connectivity index (χ0v) is 8.77. The van der Waals surface area contributed by atoms with Gasteiger partial charge in [0.15, 0.2) is 0 Å². The number of hydrogen-bond donors (Lipinski definition) is 1. The first-order valence-corrected chi connectivity index (χ1v) is 5.30. The highest BCUT2D eigenvalue weighted by Gasteiger charge is 2.18. The van der Waals surface area contributed by atoms with Crippen LogP contribution in [0.3, 0.4) is 0 Å².